The monoisotopic (exact) mass is 291 g/mol. The van der Waals surface area contributed by atoms with Crippen molar-refractivity contribution in [3.8, 4) is 0 Å². The standard InChI is InChI=1S/C14H9BF3NO2/c16-14(17,18)9-5-7-10(8-6-9)15-19-12-4-2-1-3-11(12)13(20)21-15/h1-8,19H. The van der Waals surface area contributed by atoms with Gasteiger partial charge in [0.2, 0.25) is 0 Å². The van der Waals surface area contributed by atoms with Crippen LogP contribution >= 0.6 is 0 Å². The molecule has 3 nitrogen and oxygen atoms in total. The van der Waals surface area contributed by atoms with Gasteiger partial charge in [-0.15, -0.1) is 0 Å². The van der Waals surface area contributed by atoms with Crippen LogP contribution in [0.15, 0.2) is 48.5 Å². The van der Waals surface area contributed by atoms with Crippen molar-refractivity contribution in [2.45, 2.75) is 6.18 Å². The van der Waals surface area contributed by atoms with E-state index in [1.54, 1.807) is 24.3 Å². The summed E-state index contributed by atoms with van der Waals surface area (Å²) in [5, 5.41) is 2.98. The number of anilines is 1. The number of carbonyl (C=O) groups is 1. The SMILES string of the molecule is O=C1OB(c2ccc(C(F)(F)F)cc2)Nc2ccccc21. The lowest BCUT2D eigenvalue weighted by Crippen LogP contribution is -2.46. The molecule has 1 aliphatic rings. The highest BCUT2D eigenvalue weighted by Crippen LogP contribution is 2.28. The molecule has 1 heterocycles. The third-order valence-electron chi connectivity index (χ3n) is 3.20. The average Bonchev–Trinajstić information content (AvgIpc) is 2.46. The van der Waals surface area contributed by atoms with Crippen LogP contribution in [0, 0.1) is 0 Å². The molecular formula is C14H9BF3NO2. The Balaban J connectivity index is 1.88. The van der Waals surface area contributed by atoms with Crippen LogP contribution < -0.4 is 10.7 Å². The zero-order valence-corrected chi connectivity index (χ0v) is 10.6. The summed E-state index contributed by atoms with van der Waals surface area (Å²) in [6, 6.07) is 11.3. The molecule has 21 heavy (non-hydrogen) atoms. The molecule has 1 aliphatic heterocycles. The largest absolute Gasteiger partial charge is 0.518 e. The van der Waals surface area contributed by atoms with Crippen LogP contribution in [-0.4, -0.2) is 13.0 Å². The number of nitrogens with one attached hydrogen (secondary N) is 1. The number of alkyl halides is 3. The van der Waals surface area contributed by atoms with E-state index in [0.717, 1.165) is 12.1 Å². The number of carbonyl (C=O) groups excluding carboxylic acids is 1. The maximum absolute atomic E-state index is 12.5. The van der Waals surface area contributed by atoms with E-state index < -0.39 is 24.8 Å². The first-order valence-electron chi connectivity index (χ1n) is 6.19. The first-order chi connectivity index (χ1) is 9.95. The second-order valence-electron chi connectivity index (χ2n) is 4.60. The number of rotatable bonds is 1. The molecule has 0 spiro atoms. The van der Waals surface area contributed by atoms with Gasteiger partial charge in [0, 0.05) is 5.69 Å². The molecule has 0 unspecified atom stereocenters. The van der Waals surface area contributed by atoms with Crippen molar-refractivity contribution in [3.05, 3.63) is 59.7 Å². The molecule has 0 radical (unpaired) electrons. The van der Waals surface area contributed by atoms with Gasteiger partial charge in [-0.3, -0.25) is 0 Å². The van der Waals surface area contributed by atoms with Gasteiger partial charge in [0.05, 0.1) is 11.1 Å². The summed E-state index contributed by atoms with van der Waals surface area (Å²) >= 11 is 0. The highest BCUT2D eigenvalue weighted by atomic mass is 19.4. The maximum Gasteiger partial charge on any atom is 0.518 e. The maximum atomic E-state index is 12.5. The highest BCUT2D eigenvalue weighted by molar-refractivity contribution is 6.73. The first-order valence-corrected chi connectivity index (χ1v) is 6.19. The van der Waals surface area contributed by atoms with Crippen LogP contribution in [0.25, 0.3) is 0 Å². The molecule has 1 N–H and O–H groups in total. The topological polar surface area (TPSA) is 38.3 Å². The van der Waals surface area contributed by atoms with Crippen molar-refractivity contribution in [2.24, 2.45) is 0 Å². The molecule has 2 aromatic rings. The molecular weight excluding hydrogens is 282 g/mol. The molecule has 0 amide bonds. The molecule has 0 aromatic heterocycles. The predicted octanol–water partition coefficient (Wildman–Crippen LogP) is 2.68. The lowest BCUT2D eigenvalue weighted by atomic mass is 9.71. The van der Waals surface area contributed by atoms with Crippen LogP contribution in [0.5, 0.6) is 0 Å². The van der Waals surface area contributed by atoms with Crippen LogP contribution in [0.3, 0.4) is 0 Å². The van der Waals surface area contributed by atoms with Gasteiger partial charge in [0.15, 0.2) is 0 Å². The molecule has 106 valence electrons. The number of para-hydroxylation sites is 1. The summed E-state index contributed by atoms with van der Waals surface area (Å²) in [5.41, 5.74) is 0.707. The summed E-state index contributed by atoms with van der Waals surface area (Å²) in [6.45, 7) is 0. The van der Waals surface area contributed by atoms with E-state index in [2.05, 4.69) is 5.23 Å². The summed E-state index contributed by atoms with van der Waals surface area (Å²) in [6.07, 6.45) is -4.39. The van der Waals surface area contributed by atoms with Crippen LogP contribution in [0.1, 0.15) is 15.9 Å². The molecule has 3 rings (SSSR count). The van der Waals surface area contributed by atoms with Gasteiger partial charge in [0.25, 0.3) is 0 Å². The number of benzene rings is 2. The van der Waals surface area contributed by atoms with E-state index in [0.29, 0.717) is 16.7 Å². The number of fused-ring (bicyclic) bond motifs is 1. The van der Waals surface area contributed by atoms with Crippen molar-refractivity contribution in [2.75, 3.05) is 5.23 Å². The Morgan fingerprint density at radius 2 is 1.67 bits per heavy atom. The summed E-state index contributed by atoms with van der Waals surface area (Å²) in [4.78, 5) is 11.9. The Labute approximate surface area is 118 Å². The van der Waals surface area contributed by atoms with E-state index in [1.165, 1.54) is 12.1 Å². The molecule has 0 saturated carbocycles. The average molecular weight is 291 g/mol. The molecule has 0 atom stereocenters. The zero-order chi connectivity index (χ0) is 15.0. The van der Waals surface area contributed by atoms with Gasteiger partial charge >= 0.3 is 19.2 Å². The van der Waals surface area contributed by atoms with Crippen molar-refractivity contribution in [1.82, 2.24) is 0 Å². The van der Waals surface area contributed by atoms with E-state index in [4.69, 9.17) is 4.65 Å². The van der Waals surface area contributed by atoms with Crippen molar-refractivity contribution >= 4 is 24.2 Å². The van der Waals surface area contributed by atoms with Crippen LogP contribution in [0.2, 0.25) is 0 Å². The fraction of sp³-hybridized carbons (Fsp3) is 0.0714. The first kappa shape index (κ1) is 13.5. The van der Waals surface area contributed by atoms with Gasteiger partial charge in [0.1, 0.15) is 0 Å². The Morgan fingerprint density at radius 3 is 2.33 bits per heavy atom. The Kier molecular flexibility index (Phi) is 3.12. The van der Waals surface area contributed by atoms with E-state index >= 15 is 0 Å². The lowest BCUT2D eigenvalue weighted by molar-refractivity contribution is -0.137. The molecule has 0 aliphatic carbocycles. The fourth-order valence-electron chi connectivity index (χ4n) is 2.13. The second kappa shape index (κ2) is 4.84. The van der Waals surface area contributed by atoms with Gasteiger partial charge < -0.3 is 9.88 Å². The van der Waals surface area contributed by atoms with Gasteiger partial charge in [-0.25, -0.2) is 4.79 Å². The van der Waals surface area contributed by atoms with E-state index in [9.17, 15) is 18.0 Å². The van der Waals surface area contributed by atoms with Crippen molar-refractivity contribution < 1.29 is 22.6 Å². The third-order valence-corrected chi connectivity index (χ3v) is 3.20. The van der Waals surface area contributed by atoms with E-state index in [1.807, 2.05) is 0 Å². The smallest absolute Gasteiger partial charge is 0.507 e. The molecule has 7 heteroatoms. The van der Waals surface area contributed by atoms with Gasteiger partial charge in [-0.1, -0.05) is 36.4 Å². The predicted molar refractivity (Wildman–Crippen MR) is 72.3 cm³/mol. The van der Waals surface area contributed by atoms with Crippen molar-refractivity contribution in [1.29, 1.82) is 0 Å². The Bertz CT molecular complexity index is 685. The third kappa shape index (κ3) is 2.59. The highest BCUT2D eigenvalue weighted by Gasteiger charge is 2.34. The molecule has 0 saturated heterocycles. The number of hydrogen-bond acceptors (Lipinski definition) is 3. The normalized spacial score (nSPS) is 14.2. The quantitative estimate of drug-likeness (QED) is 0.821. The zero-order valence-electron chi connectivity index (χ0n) is 10.6. The lowest BCUT2D eigenvalue weighted by Gasteiger charge is -2.23. The minimum atomic E-state index is -4.39. The van der Waals surface area contributed by atoms with Gasteiger partial charge in [-0.05, 0) is 17.6 Å². The van der Waals surface area contributed by atoms with Gasteiger partial charge in [-0.2, -0.15) is 13.2 Å². The van der Waals surface area contributed by atoms with Crippen LogP contribution in [0.4, 0.5) is 18.9 Å². The molecule has 0 bridgehead atoms. The van der Waals surface area contributed by atoms with E-state index in [-0.39, 0.29) is 0 Å². The molecule has 2 aromatic carbocycles. The summed E-state index contributed by atoms with van der Waals surface area (Å²) < 4.78 is 42.8. The number of hydrogen-bond donors (Lipinski definition) is 1. The van der Waals surface area contributed by atoms with Crippen molar-refractivity contribution in [3.63, 3.8) is 0 Å². The Morgan fingerprint density at radius 1 is 1.00 bits per heavy atom. The summed E-state index contributed by atoms with van der Waals surface area (Å²) in [7, 11) is -0.797. The minimum Gasteiger partial charge on any atom is -0.507 e. The minimum absolute atomic E-state index is 0.403. The van der Waals surface area contributed by atoms with Crippen LogP contribution in [-0.2, 0) is 10.8 Å². The number of halogens is 3. The second-order valence-corrected chi connectivity index (χ2v) is 4.60. The Hall–Kier alpha value is -2.44. The fourth-order valence-corrected chi connectivity index (χ4v) is 2.13. The molecule has 0 fully saturated rings. The summed E-state index contributed by atoms with van der Waals surface area (Å²) in [5.74, 6) is -0.505.